The average molecular weight is 348 g/mol. The van der Waals surface area contributed by atoms with Crippen molar-refractivity contribution in [1.82, 2.24) is 10.7 Å². The quantitative estimate of drug-likeness (QED) is 0.701. The van der Waals surface area contributed by atoms with Gasteiger partial charge in [0.2, 0.25) is 0 Å². The van der Waals surface area contributed by atoms with Gasteiger partial charge in [0.15, 0.2) is 0 Å². The molecule has 0 fully saturated rings. The minimum atomic E-state index is -0.775. The third kappa shape index (κ3) is 5.48. The molecule has 0 spiro atoms. The molecular weight excluding hydrogens is 330 g/mol. The molecule has 0 aromatic heterocycles. The zero-order valence-electron chi connectivity index (χ0n) is 13.1. The molecule has 0 radical (unpaired) electrons. The number of hydrogen-bond donors (Lipinski definition) is 3. The van der Waals surface area contributed by atoms with Gasteiger partial charge in [-0.15, -0.1) is 0 Å². The van der Waals surface area contributed by atoms with Crippen LogP contribution in [0.3, 0.4) is 0 Å². The van der Waals surface area contributed by atoms with E-state index in [2.05, 4.69) is 16.2 Å². The topological polar surface area (TPSA) is 79.5 Å². The first-order chi connectivity index (χ1) is 11.6. The van der Waals surface area contributed by atoms with E-state index in [0.717, 1.165) is 5.56 Å². The highest BCUT2D eigenvalue weighted by Gasteiger charge is 2.16. The number of carbonyl (C=O) groups is 2. The smallest absolute Gasteiger partial charge is 0.408 e. The van der Waals surface area contributed by atoms with E-state index in [0.29, 0.717) is 10.7 Å². The molecule has 24 heavy (non-hydrogen) atoms. The molecule has 2 aromatic rings. The highest BCUT2D eigenvalue weighted by molar-refractivity contribution is 6.33. The molecule has 2 aromatic carbocycles. The van der Waals surface area contributed by atoms with E-state index in [9.17, 15) is 9.59 Å². The highest BCUT2D eigenvalue weighted by Crippen LogP contribution is 2.19. The summed E-state index contributed by atoms with van der Waals surface area (Å²) in [5, 5.41) is 2.93. The van der Waals surface area contributed by atoms with E-state index >= 15 is 0 Å². The van der Waals surface area contributed by atoms with Gasteiger partial charge in [0, 0.05) is 0 Å². The first kappa shape index (κ1) is 17.6. The van der Waals surface area contributed by atoms with Gasteiger partial charge in [-0.1, -0.05) is 54.1 Å². The van der Waals surface area contributed by atoms with Gasteiger partial charge >= 0.3 is 6.09 Å². The van der Waals surface area contributed by atoms with Gasteiger partial charge in [-0.05, 0) is 24.6 Å². The standard InChI is InChI=1S/C17H18ClN3O3/c1-12(16(22)21-20-15-10-6-5-9-14(15)18)19-17(23)24-11-13-7-3-2-4-8-13/h2-10,12,20H,11H2,1H3,(H,19,23)(H,21,22). The summed E-state index contributed by atoms with van der Waals surface area (Å²) in [6.45, 7) is 1.69. The second-order valence-corrected chi connectivity index (χ2v) is 5.43. The average Bonchev–Trinajstić information content (AvgIpc) is 2.60. The molecule has 6 nitrogen and oxygen atoms in total. The van der Waals surface area contributed by atoms with Crippen molar-refractivity contribution in [2.24, 2.45) is 0 Å². The Hall–Kier alpha value is -2.73. The maximum absolute atomic E-state index is 12.0. The maximum atomic E-state index is 12.0. The minimum absolute atomic E-state index is 0.138. The number of para-hydroxylation sites is 1. The maximum Gasteiger partial charge on any atom is 0.408 e. The Morgan fingerprint density at radius 3 is 2.46 bits per heavy atom. The van der Waals surface area contributed by atoms with E-state index in [1.165, 1.54) is 0 Å². The number of anilines is 1. The minimum Gasteiger partial charge on any atom is -0.445 e. The van der Waals surface area contributed by atoms with Crippen LogP contribution in [-0.4, -0.2) is 18.0 Å². The third-order valence-electron chi connectivity index (χ3n) is 3.13. The van der Waals surface area contributed by atoms with Crippen molar-refractivity contribution >= 4 is 29.3 Å². The lowest BCUT2D eigenvalue weighted by Crippen LogP contribution is -2.46. The van der Waals surface area contributed by atoms with Crippen LogP contribution in [0.25, 0.3) is 0 Å². The number of hydrogen-bond acceptors (Lipinski definition) is 4. The number of nitrogens with one attached hydrogen (secondary N) is 3. The summed E-state index contributed by atoms with van der Waals surface area (Å²) < 4.78 is 5.06. The van der Waals surface area contributed by atoms with Crippen molar-refractivity contribution in [3.05, 3.63) is 65.2 Å². The molecular formula is C17H18ClN3O3. The normalized spacial score (nSPS) is 11.2. The number of carbonyl (C=O) groups excluding carboxylic acids is 2. The molecule has 1 unspecified atom stereocenters. The number of rotatable bonds is 6. The Balaban J connectivity index is 1.74. The molecule has 0 aliphatic carbocycles. The van der Waals surface area contributed by atoms with Gasteiger partial charge in [0.05, 0.1) is 10.7 Å². The van der Waals surface area contributed by atoms with Crippen molar-refractivity contribution in [3.8, 4) is 0 Å². The van der Waals surface area contributed by atoms with Gasteiger partial charge in [-0.3, -0.25) is 15.6 Å². The van der Waals surface area contributed by atoms with Crippen molar-refractivity contribution in [1.29, 1.82) is 0 Å². The molecule has 3 N–H and O–H groups in total. The van der Waals surface area contributed by atoms with Crippen LogP contribution in [0, 0.1) is 0 Å². The third-order valence-corrected chi connectivity index (χ3v) is 3.46. The molecule has 0 heterocycles. The van der Waals surface area contributed by atoms with Crippen LogP contribution in [0.5, 0.6) is 0 Å². The molecule has 0 aliphatic rings. The second kappa shape index (κ2) is 8.79. The number of ether oxygens (including phenoxy) is 1. The van der Waals surface area contributed by atoms with Crippen molar-refractivity contribution in [3.63, 3.8) is 0 Å². The van der Waals surface area contributed by atoms with E-state index in [4.69, 9.17) is 16.3 Å². The molecule has 0 aliphatic heterocycles. The Bertz CT molecular complexity index is 694. The first-order valence-corrected chi connectivity index (χ1v) is 7.71. The number of amides is 2. The zero-order chi connectivity index (χ0) is 17.4. The Labute approximate surface area is 145 Å². The Kier molecular flexibility index (Phi) is 6.45. The summed E-state index contributed by atoms with van der Waals surface area (Å²) in [5.41, 5.74) is 6.60. The fraction of sp³-hybridized carbons (Fsp3) is 0.176. The van der Waals surface area contributed by atoms with E-state index in [1.54, 1.807) is 31.2 Å². The monoisotopic (exact) mass is 347 g/mol. The van der Waals surface area contributed by atoms with Gasteiger partial charge in [-0.25, -0.2) is 4.79 Å². The van der Waals surface area contributed by atoms with Crippen molar-refractivity contribution in [2.45, 2.75) is 19.6 Å². The van der Waals surface area contributed by atoms with Gasteiger partial charge in [-0.2, -0.15) is 0 Å². The predicted octanol–water partition coefficient (Wildman–Crippen LogP) is 3.10. The molecule has 2 rings (SSSR count). The summed E-state index contributed by atoms with van der Waals surface area (Å²) >= 11 is 5.97. The molecule has 7 heteroatoms. The van der Waals surface area contributed by atoms with E-state index in [1.807, 2.05) is 30.3 Å². The van der Waals surface area contributed by atoms with Gasteiger partial charge in [0.25, 0.3) is 5.91 Å². The van der Waals surface area contributed by atoms with Crippen molar-refractivity contribution in [2.75, 3.05) is 5.43 Å². The Morgan fingerprint density at radius 2 is 1.75 bits per heavy atom. The van der Waals surface area contributed by atoms with Crippen LogP contribution in [0.15, 0.2) is 54.6 Å². The second-order valence-electron chi connectivity index (χ2n) is 5.02. The molecule has 1 atom stereocenters. The fourth-order valence-electron chi connectivity index (χ4n) is 1.81. The summed E-state index contributed by atoms with van der Waals surface area (Å²) in [6.07, 6.45) is -0.667. The van der Waals surface area contributed by atoms with E-state index < -0.39 is 18.0 Å². The van der Waals surface area contributed by atoms with Crippen LogP contribution >= 0.6 is 11.6 Å². The number of benzene rings is 2. The van der Waals surface area contributed by atoms with Crippen LogP contribution in [0.1, 0.15) is 12.5 Å². The molecule has 2 amide bonds. The number of hydrazine groups is 1. The summed E-state index contributed by atoms with van der Waals surface area (Å²) in [5.74, 6) is -0.424. The first-order valence-electron chi connectivity index (χ1n) is 7.34. The SMILES string of the molecule is CC(NC(=O)OCc1ccccc1)C(=O)NNc1ccccc1Cl. The summed E-state index contributed by atoms with van der Waals surface area (Å²) in [7, 11) is 0. The summed E-state index contributed by atoms with van der Waals surface area (Å²) in [6, 6.07) is 15.5. The predicted molar refractivity (Wildman–Crippen MR) is 92.4 cm³/mol. The lowest BCUT2D eigenvalue weighted by Gasteiger charge is -2.15. The molecule has 0 bridgehead atoms. The zero-order valence-corrected chi connectivity index (χ0v) is 13.8. The molecule has 0 saturated carbocycles. The lowest BCUT2D eigenvalue weighted by atomic mass is 10.2. The largest absolute Gasteiger partial charge is 0.445 e. The van der Waals surface area contributed by atoms with Gasteiger partial charge in [0.1, 0.15) is 12.6 Å². The highest BCUT2D eigenvalue weighted by atomic mass is 35.5. The number of halogens is 1. The fourth-order valence-corrected chi connectivity index (χ4v) is 1.99. The molecule has 126 valence electrons. The van der Waals surface area contributed by atoms with Crippen LogP contribution in [0.4, 0.5) is 10.5 Å². The lowest BCUT2D eigenvalue weighted by molar-refractivity contribution is -0.122. The summed E-state index contributed by atoms with van der Waals surface area (Å²) in [4.78, 5) is 23.7. The Morgan fingerprint density at radius 1 is 1.08 bits per heavy atom. The number of alkyl carbamates (subject to hydrolysis) is 1. The van der Waals surface area contributed by atoms with E-state index in [-0.39, 0.29) is 6.61 Å². The van der Waals surface area contributed by atoms with Crippen LogP contribution in [0.2, 0.25) is 5.02 Å². The van der Waals surface area contributed by atoms with Gasteiger partial charge < -0.3 is 10.1 Å². The van der Waals surface area contributed by atoms with Crippen LogP contribution < -0.4 is 16.2 Å². The van der Waals surface area contributed by atoms with Crippen LogP contribution in [-0.2, 0) is 16.1 Å². The van der Waals surface area contributed by atoms with Crippen molar-refractivity contribution < 1.29 is 14.3 Å². The molecule has 0 saturated heterocycles.